The summed E-state index contributed by atoms with van der Waals surface area (Å²) in [5, 5.41) is 5.81. The lowest BCUT2D eigenvalue weighted by Gasteiger charge is -2.26. The molecule has 1 amide bonds. The molecular formula is C17H23N5O2. The zero-order chi connectivity index (χ0) is 16.9. The van der Waals surface area contributed by atoms with Crippen LogP contribution in [0, 0.1) is 0 Å². The molecule has 0 bridgehead atoms. The monoisotopic (exact) mass is 329 g/mol. The van der Waals surface area contributed by atoms with Gasteiger partial charge in [-0.15, -0.1) is 0 Å². The Hall–Kier alpha value is -2.38. The van der Waals surface area contributed by atoms with E-state index in [0.29, 0.717) is 23.6 Å². The summed E-state index contributed by atoms with van der Waals surface area (Å²) in [6.45, 7) is 4.75. The molecule has 7 nitrogen and oxygen atoms in total. The maximum atomic E-state index is 12.3. The SMILES string of the molecule is CNC1=CCN=C1C(=O)Nc1ccc(CN2CCOCC2)cc1N. The minimum Gasteiger partial charge on any atom is -0.397 e. The Bertz CT molecular complexity index is 678. The van der Waals surface area contributed by atoms with E-state index in [0.717, 1.165) is 44.1 Å². The first-order valence-corrected chi connectivity index (χ1v) is 8.10. The average molecular weight is 329 g/mol. The van der Waals surface area contributed by atoms with Crippen molar-refractivity contribution >= 4 is 23.0 Å². The van der Waals surface area contributed by atoms with Gasteiger partial charge in [-0.25, -0.2) is 0 Å². The number of morpholine rings is 1. The number of rotatable bonds is 5. The minimum absolute atomic E-state index is 0.249. The second-order valence-corrected chi connectivity index (χ2v) is 5.82. The molecule has 1 fully saturated rings. The topological polar surface area (TPSA) is 92.0 Å². The summed E-state index contributed by atoms with van der Waals surface area (Å²) in [5.41, 5.74) is 9.56. The Morgan fingerprint density at radius 2 is 2.17 bits per heavy atom. The molecule has 3 rings (SSSR count). The maximum Gasteiger partial charge on any atom is 0.276 e. The van der Waals surface area contributed by atoms with Gasteiger partial charge in [-0.2, -0.15) is 0 Å². The molecule has 0 aliphatic carbocycles. The van der Waals surface area contributed by atoms with Gasteiger partial charge in [-0.3, -0.25) is 14.7 Å². The van der Waals surface area contributed by atoms with Crippen LogP contribution in [0.3, 0.4) is 0 Å². The molecule has 2 aliphatic rings. The second kappa shape index (κ2) is 7.46. The molecule has 24 heavy (non-hydrogen) atoms. The summed E-state index contributed by atoms with van der Waals surface area (Å²) in [4.78, 5) is 18.9. The van der Waals surface area contributed by atoms with Crippen molar-refractivity contribution in [1.82, 2.24) is 10.2 Å². The molecule has 4 N–H and O–H groups in total. The van der Waals surface area contributed by atoms with Gasteiger partial charge in [0.25, 0.3) is 5.91 Å². The smallest absolute Gasteiger partial charge is 0.276 e. The van der Waals surface area contributed by atoms with Crippen LogP contribution in [0.5, 0.6) is 0 Å². The third-order valence-corrected chi connectivity index (χ3v) is 4.16. The van der Waals surface area contributed by atoms with Crippen LogP contribution < -0.4 is 16.4 Å². The van der Waals surface area contributed by atoms with Crippen LogP contribution >= 0.6 is 0 Å². The molecule has 0 atom stereocenters. The maximum absolute atomic E-state index is 12.3. The number of amides is 1. The van der Waals surface area contributed by atoms with E-state index in [1.54, 1.807) is 7.05 Å². The fourth-order valence-corrected chi connectivity index (χ4v) is 2.85. The Labute approximate surface area is 141 Å². The van der Waals surface area contributed by atoms with Crippen LogP contribution in [-0.2, 0) is 16.1 Å². The number of nitrogen functional groups attached to an aromatic ring is 1. The van der Waals surface area contributed by atoms with Crippen LogP contribution in [0.25, 0.3) is 0 Å². The molecule has 0 unspecified atom stereocenters. The lowest BCUT2D eigenvalue weighted by molar-refractivity contribution is -0.110. The van der Waals surface area contributed by atoms with Crippen molar-refractivity contribution in [2.75, 3.05) is 50.9 Å². The fraction of sp³-hybridized carbons (Fsp3) is 0.412. The lowest BCUT2D eigenvalue weighted by Crippen LogP contribution is -2.35. The normalized spacial score (nSPS) is 18.0. The largest absolute Gasteiger partial charge is 0.397 e. The number of anilines is 2. The molecule has 1 aromatic rings. The zero-order valence-electron chi connectivity index (χ0n) is 13.8. The Balaban J connectivity index is 1.64. The number of nitrogens with one attached hydrogen (secondary N) is 2. The fourth-order valence-electron chi connectivity index (χ4n) is 2.85. The highest BCUT2D eigenvalue weighted by atomic mass is 16.5. The number of hydrogen-bond donors (Lipinski definition) is 3. The van der Waals surface area contributed by atoms with Crippen LogP contribution in [0.4, 0.5) is 11.4 Å². The van der Waals surface area contributed by atoms with Crippen molar-refractivity contribution in [3.05, 3.63) is 35.5 Å². The molecule has 2 heterocycles. The van der Waals surface area contributed by atoms with Gasteiger partial charge in [-0.05, 0) is 23.8 Å². The third kappa shape index (κ3) is 3.74. The Kier molecular flexibility index (Phi) is 5.12. The first kappa shape index (κ1) is 16.5. The second-order valence-electron chi connectivity index (χ2n) is 5.82. The molecule has 7 heteroatoms. The van der Waals surface area contributed by atoms with Crippen molar-refractivity contribution in [3.63, 3.8) is 0 Å². The van der Waals surface area contributed by atoms with Gasteiger partial charge in [-0.1, -0.05) is 6.07 Å². The quantitative estimate of drug-likeness (QED) is 0.688. The van der Waals surface area contributed by atoms with Crippen molar-refractivity contribution in [1.29, 1.82) is 0 Å². The molecular weight excluding hydrogens is 306 g/mol. The van der Waals surface area contributed by atoms with Crippen molar-refractivity contribution < 1.29 is 9.53 Å². The van der Waals surface area contributed by atoms with E-state index >= 15 is 0 Å². The van der Waals surface area contributed by atoms with E-state index in [9.17, 15) is 4.79 Å². The molecule has 128 valence electrons. The zero-order valence-corrected chi connectivity index (χ0v) is 13.8. The van der Waals surface area contributed by atoms with Gasteiger partial charge in [0.1, 0.15) is 5.71 Å². The predicted octanol–water partition coefficient (Wildman–Crippen LogP) is 0.597. The highest BCUT2D eigenvalue weighted by Crippen LogP contribution is 2.21. The number of carbonyl (C=O) groups excluding carboxylic acids is 1. The molecule has 1 aromatic carbocycles. The van der Waals surface area contributed by atoms with E-state index in [1.807, 2.05) is 24.3 Å². The number of benzene rings is 1. The van der Waals surface area contributed by atoms with Gasteiger partial charge >= 0.3 is 0 Å². The van der Waals surface area contributed by atoms with Gasteiger partial charge < -0.3 is 21.1 Å². The van der Waals surface area contributed by atoms with Crippen LogP contribution in [0.1, 0.15) is 5.56 Å². The number of aliphatic imine (C=N–C) groups is 1. The van der Waals surface area contributed by atoms with E-state index in [-0.39, 0.29) is 5.91 Å². The van der Waals surface area contributed by atoms with Crippen LogP contribution in [-0.4, -0.2) is 56.4 Å². The summed E-state index contributed by atoms with van der Waals surface area (Å²) < 4.78 is 5.36. The Morgan fingerprint density at radius 3 is 2.88 bits per heavy atom. The Morgan fingerprint density at radius 1 is 1.38 bits per heavy atom. The number of hydrogen-bond acceptors (Lipinski definition) is 6. The van der Waals surface area contributed by atoms with E-state index < -0.39 is 0 Å². The summed E-state index contributed by atoms with van der Waals surface area (Å²) in [7, 11) is 1.77. The van der Waals surface area contributed by atoms with Gasteiger partial charge in [0.05, 0.1) is 36.8 Å². The third-order valence-electron chi connectivity index (χ3n) is 4.16. The molecule has 0 spiro atoms. The van der Waals surface area contributed by atoms with E-state index in [4.69, 9.17) is 10.5 Å². The molecule has 1 saturated heterocycles. The van der Waals surface area contributed by atoms with Crippen LogP contribution in [0.15, 0.2) is 35.0 Å². The van der Waals surface area contributed by atoms with Crippen molar-refractivity contribution in [3.8, 4) is 0 Å². The van der Waals surface area contributed by atoms with Gasteiger partial charge in [0, 0.05) is 26.7 Å². The molecule has 0 radical (unpaired) electrons. The summed E-state index contributed by atoms with van der Waals surface area (Å²) in [6, 6.07) is 5.75. The lowest BCUT2D eigenvalue weighted by atomic mass is 10.1. The van der Waals surface area contributed by atoms with E-state index in [2.05, 4.69) is 20.5 Å². The molecule has 2 aliphatic heterocycles. The van der Waals surface area contributed by atoms with E-state index in [1.165, 1.54) is 0 Å². The highest BCUT2D eigenvalue weighted by molar-refractivity contribution is 6.49. The molecule has 0 aromatic heterocycles. The summed E-state index contributed by atoms with van der Waals surface area (Å²) in [6.07, 6.45) is 1.88. The first-order chi connectivity index (χ1) is 11.7. The summed E-state index contributed by atoms with van der Waals surface area (Å²) in [5.74, 6) is -0.249. The predicted molar refractivity (Wildman–Crippen MR) is 95.0 cm³/mol. The van der Waals surface area contributed by atoms with Crippen molar-refractivity contribution in [2.45, 2.75) is 6.54 Å². The first-order valence-electron chi connectivity index (χ1n) is 8.10. The van der Waals surface area contributed by atoms with Gasteiger partial charge in [0.15, 0.2) is 0 Å². The highest BCUT2D eigenvalue weighted by Gasteiger charge is 2.20. The van der Waals surface area contributed by atoms with Gasteiger partial charge in [0.2, 0.25) is 0 Å². The average Bonchev–Trinajstić information content (AvgIpc) is 3.07. The number of ether oxygens (including phenoxy) is 1. The minimum atomic E-state index is -0.249. The number of nitrogens with zero attached hydrogens (tertiary/aromatic N) is 2. The number of carbonyl (C=O) groups is 1. The molecule has 0 saturated carbocycles. The van der Waals surface area contributed by atoms with Crippen LogP contribution in [0.2, 0.25) is 0 Å². The standard InChI is InChI=1S/C17H23N5O2/c1-19-15-4-5-20-16(15)17(23)21-14-3-2-12(10-13(14)18)11-22-6-8-24-9-7-22/h2-4,10,19H,5-9,11,18H2,1H3,(H,21,23). The van der Waals surface area contributed by atoms with Crippen molar-refractivity contribution in [2.24, 2.45) is 4.99 Å². The number of nitrogens with two attached hydrogens (primary N) is 1. The summed E-state index contributed by atoms with van der Waals surface area (Å²) >= 11 is 0.